The van der Waals surface area contributed by atoms with E-state index in [-0.39, 0.29) is 6.54 Å². The number of alkyl carbamates (subject to hydrolysis) is 1. The summed E-state index contributed by atoms with van der Waals surface area (Å²) in [4.78, 5) is 58.8. The van der Waals surface area contributed by atoms with Crippen LogP contribution in [0.15, 0.2) is 0 Å². The number of hydrogen-bond donors (Lipinski definition) is 6. The van der Waals surface area contributed by atoms with Gasteiger partial charge in [-0.2, -0.15) is 0 Å². The van der Waals surface area contributed by atoms with Crippen molar-refractivity contribution < 1.29 is 28.7 Å². The molecule has 0 unspecified atom stereocenters. The topological polar surface area (TPSA) is 195 Å². The highest BCUT2D eigenvalue weighted by Gasteiger charge is 2.23. The summed E-state index contributed by atoms with van der Waals surface area (Å²) in [6.07, 6.45) is 0.765. The molecule has 5 amide bonds. The van der Waals surface area contributed by atoms with Crippen molar-refractivity contribution in [3.05, 3.63) is 0 Å². The number of nitrogens with two attached hydrogens (primary N) is 2. The molecule has 0 aromatic carbocycles. The lowest BCUT2D eigenvalue weighted by Gasteiger charge is -2.20. The van der Waals surface area contributed by atoms with Crippen molar-refractivity contribution >= 4 is 29.7 Å². The molecular weight excluding hydrogens is 396 g/mol. The Bertz CT molecular complexity index is 619. The van der Waals surface area contributed by atoms with Gasteiger partial charge in [-0.15, -0.1) is 0 Å². The molecule has 0 rings (SSSR count). The van der Waals surface area contributed by atoms with E-state index in [0.29, 0.717) is 25.8 Å². The Morgan fingerprint density at radius 1 is 0.933 bits per heavy atom. The first-order valence-electron chi connectivity index (χ1n) is 9.68. The summed E-state index contributed by atoms with van der Waals surface area (Å²) in [5.74, 6) is -2.49. The largest absolute Gasteiger partial charge is 0.444 e. The Hall–Kier alpha value is -2.89. The van der Waals surface area contributed by atoms with E-state index < -0.39 is 54.0 Å². The van der Waals surface area contributed by atoms with E-state index >= 15 is 0 Å². The second-order valence-electron chi connectivity index (χ2n) is 7.67. The van der Waals surface area contributed by atoms with E-state index in [1.165, 1.54) is 6.92 Å². The van der Waals surface area contributed by atoms with Gasteiger partial charge >= 0.3 is 6.09 Å². The summed E-state index contributed by atoms with van der Waals surface area (Å²) < 4.78 is 4.99. The van der Waals surface area contributed by atoms with Crippen molar-refractivity contribution in [2.75, 3.05) is 19.6 Å². The molecule has 8 N–H and O–H groups in total. The van der Waals surface area contributed by atoms with Crippen molar-refractivity contribution in [2.24, 2.45) is 11.5 Å². The monoisotopic (exact) mass is 430 g/mol. The van der Waals surface area contributed by atoms with Gasteiger partial charge < -0.3 is 37.5 Å². The maximum atomic E-state index is 12.3. The molecular formula is C18H34N6O6. The van der Waals surface area contributed by atoms with Crippen molar-refractivity contribution in [3.63, 3.8) is 0 Å². The minimum atomic E-state index is -0.914. The van der Waals surface area contributed by atoms with Gasteiger partial charge in [-0.1, -0.05) is 0 Å². The SMILES string of the molecule is C[C@H](NC(=O)[C@H](CCCCN)NC(=O)CNC(=O)CNC(=O)OC(C)(C)C)C(N)=O. The van der Waals surface area contributed by atoms with Crippen LogP contribution in [0.3, 0.4) is 0 Å². The number of rotatable bonds is 12. The molecule has 0 saturated carbocycles. The standard InChI is InChI=1S/C18H34N6O6/c1-11(15(20)27)23-16(28)12(7-5-6-8-19)24-14(26)10-21-13(25)9-22-17(29)30-18(2,3)4/h11-12H,5-10,19H2,1-4H3,(H2,20,27)(H,21,25)(H,22,29)(H,23,28)(H,24,26)/t11-,12-/m0/s1. The van der Waals surface area contributed by atoms with E-state index in [1.54, 1.807) is 20.8 Å². The van der Waals surface area contributed by atoms with E-state index in [0.717, 1.165) is 0 Å². The molecule has 0 heterocycles. The van der Waals surface area contributed by atoms with Crippen LogP contribution in [0.1, 0.15) is 47.0 Å². The number of unbranched alkanes of at least 4 members (excludes halogenated alkanes) is 1. The smallest absolute Gasteiger partial charge is 0.408 e. The Balaban J connectivity index is 4.55. The Labute approximate surface area is 176 Å². The molecule has 2 atom stereocenters. The van der Waals surface area contributed by atoms with Crippen LogP contribution in [0.4, 0.5) is 4.79 Å². The first kappa shape index (κ1) is 27.1. The number of carbonyl (C=O) groups excluding carboxylic acids is 5. The zero-order valence-electron chi connectivity index (χ0n) is 18.0. The molecule has 0 aromatic rings. The third-order valence-electron chi connectivity index (χ3n) is 3.62. The predicted molar refractivity (Wildman–Crippen MR) is 109 cm³/mol. The van der Waals surface area contributed by atoms with Gasteiger partial charge in [0.05, 0.1) is 6.54 Å². The summed E-state index contributed by atoms with van der Waals surface area (Å²) in [5.41, 5.74) is 9.87. The fourth-order valence-corrected chi connectivity index (χ4v) is 2.10. The fourth-order valence-electron chi connectivity index (χ4n) is 2.10. The highest BCUT2D eigenvalue weighted by molar-refractivity contribution is 5.93. The van der Waals surface area contributed by atoms with Crippen molar-refractivity contribution in [1.29, 1.82) is 0 Å². The Morgan fingerprint density at radius 2 is 1.53 bits per heavy atom. The maximum absolute atomic E-state index is 12.3. The van der Waals surface area contributed by atoms with Gasteiger partial charge in [0.1, 0.15) is 24.2 Å². The van der Waals surface area contributed by atoms with Crippen LogP contribution in [-0.2, 0) is 23.9 Å². The molecule has 0 aromatic heterocycles. The Kier molecular flexibility index (Phi) is 12.1. The second kappa shape index (κ2) is 13.4. The molecule has 0 fully saturated rings. The van der Waals surface area contributed by atoms with Gasteiger partial charge in [0.15, 0.2) is 0 Å². The fraction of sp³-hybridized carbons (Fsp3) is 0.722. The molecule has 0 saturated heterocycles. The van der Waals surface area contributed by atoms with Gasteiger partial charge in [-0.05, 0) is 53.5 Å². The quantitative estimate of drug-likeness (QED) is 0.197. The lowest BCUT2D eigenvalue weighted by Crippen LogP contribution is -2.53. The molecule has 0 spiro atoms. The third-order valence-corrected chi connectivity index (χ3v) is 3.62. The summed E-state index contributed by atoms with van der Waals surface area (Å²) in [6, 6.07) is -1.81. The highest BCUT2D eigenvalue weighted by Crippen LogP contribution is 2.06. The summed E-state index contributed by atoms with van der Waals surface area (Å²) in [6.45, 7) is 6.13. The predicted octanol–water partition coefficient (Wildman–Crippen LogP) is -1.77. The maximum Gasteiger partial charge on any atom is 0.408 e. The van der Waals surface area contributed by atoms with Crippen molar-refractivity contribution in [3.8, 4) is 0 Å². The van der Waals surface area contributed by atoms with Crippen molar-refractivity contribution in [2.45, 2.75) is 64.6 Å². The number of hydrogen-bond acceptors (Lipinski definition) is 7. The highest BCUT2D eigenvalue weighted by atomic mass is 16.6. The summed E-state index contributed by atoms with van der Waals surface area (Å²) in [5, 5.41) is 9.51. The summed E-state index contributed by atoms with van der Waals surface area (Å²) in [7, 11) is 0. The van der Waals surface area contributed by atoms with Gasteiger partial charge in [0.25, 0.3) is 0 Å². The second-order valence-corrected chi connectivity index (χ2v) is 7.67. The molecule has 0 aliphatic heterocycles. The van der Waals surface area contributed by atoms with Crippen LogP contribution in [0.5, 0.6) is 0 Å². The molecule has 0 radical (unpaired) electrons. The number of nitrogens with one attached hydrogen (secondary N) is 4. The van der Waals surface area contributed by atoms with Gasteiger partial charge in [0.2, 0.25) is 23.6 Å². The van der Waals surface area contributed by atoms with Crippen LogP contribution in [0, 0.1) is 0 Å². The average Bonchev–Trinajstić information content (AvgIpc) is 2.62. The van der Waals surface area contributed by atoms with Crippen molar-refractivity contribution in [1.82, 2.24) is 21.3 Å². The Morgan fingerprint density at radius 3 is 2.07 bits per heavy atom. The normalized spacial score (nSPS) is 12.8. The lowest BCUT2D eigenvalue weighted by molar-refractivity contribution is -0.131. The number of carbonyl (C=O) groups is 5. The molecule has 30 heavy (non-hydrogen) atoms. The molecule has 0 aliphatic rings. The average molecular weight is 431 g/mol. The van der Waals surface area contributed by atoms with Crippen LogP contribution in [-0.4, -0.2) is 67.0 Å². The van der Waals surface area contributed by atoms with Gasteiger partial charge in [-0.3, -0.25) is 19.2 Å². The number of amides is 5. The third kappa shape index (κ3) is 13.3. The van der Waals surface area contributed by atoms with Gasteiger partial charge in [-0.25, -0.2) is 4.79 Å². The van der Waals surface area contributed by atoms with Crippen LogP contribution in [0.25, 0.3) is 0 Å². The van der Waals surface area contributed by atoms with E-state index in [1.807, 2.05) is 0 Å². The summed E-state index contributed by atoms with van der Waals surface area (Å²) >= 11 is 0. The zero-order valence-corrected chi connectivity index (χ0v) is 18.0. The first-order valence-corrected chi connectivity index (χ1v) is 9.68. The lowest BCUT2D eigenvalue weighted by atomic mass is 10.1. The van der Waals surface area contributed by atoms with Crippen LogP contribution in [0.2, 0.25) is 0 Å². The van der Waals surface area contributed by atoms with E-state index in [9.17, 15) is 24.0 Å². The van der Waals surface area contributed by atoms with E-state index in [4.69, 9.17) is 16.2 Å². The molecule has 172 valence electrons. The molecule has 12 nitrogen and oxygen atoms in total. The molecule has 12 heteroatoms. The molecule has 0 aliphatic carbocycles. The zero-order chi connectivity index (χ0) is 23.3. The number of primary amides is 1. The van der Waals surface area contributed by atoms with Crippen LogP contribution < -0.4 is 32.7 Å². The van der Waals surface area contributed by atoms with Crippen LogP contribution >= 0.6 is 0 Å². The number of ether oxygens (including phenoxy) is 1. The first-order chi connectivity index (χ1) is 13.9. The van der Waals surface area contributed by atoms with Gasteiger partial charge in [0, 0.05) is 0 Å². The van der Waals surface area contributed by atoms with E-state index in [2.05, 4.69) is 21.3 Å². The molecule has 0 bridgehead atoms. The minimum absolute atomic E-state index is 0.300. The minimum Gasteiger partial charge on any atom is -0.444 e.